The van der Waals surface area contributed by atoms with E-state index < -0.39 is 25.5 Å². The Morgan fingerprint density at radius 3 is 2.48 bits per heavy atom. The van der Waals surface area contributed by atoms with Gasteiger partial charge in [-0.25, -0.2) is 4.79 Å². The maximum atomic E-state index is 12.0. The molecule has 8 heteroatoms. The third kappa shape index (κ3) is 3.27. The first-order valence-corrected chi connectivity index (χ1v) is 6.18. The van der Waals surface area contributed by atoms with E-state index >= 15 is 0 Å². The van der Waals surface area contributed by atoms with E-state index in [0.717, 1.165) is 0 Å². The van der Waals surface area contributed by atoms with Crippen LogP contribution >= 0.6 is 0 Å². The fraction of sp³-hybridized carbons (Fsp3) is 0.462. The largest absolute Gasteiger partial charge is 0.411 e. The zero-order chi connectivity index (χ0) is 15.8. The highest BCUT2D eigenvalue weighted by atomic mass is 19.4. The van der Waals surface area contributed by atoms with Gasteiger partial charge >= 0.3 is 11.9 Å². The highest BCUT2D eigenvalue weighted by Crippen LogP contribution is 2.21. The van der Waals surface area contributed by atoms with Gasteiger partial charge in [0.15, 0.2) is 0 Å². The molecule has 0 spiro atoms. The number of aryl methyl sites for hydroxylation is 2. The fourth-order valence-electron chi connectivity index (χ4n) is 2.11. The van der Waals surface area contributed by atoms with E-state index in [1.807, 2.05) is 0 Å². The van der Waals surface area contributed by atoms with Crippen molar-refractivity contribution < 1.29 is 23.0 Å². The van der Waals surface area contributed by atoms with Crippen molar-refractivity contribution in [1.29, 1.82) is 0 Å². The molecule has 1 unspecified atom stereocenters. The standard InChI is InChI=1S/C13H15F3N2O3/c1-17-9-4-3-8(5-10(9)18(2)12(17)20)11(19)6-21-7-13(14,15)16/h3-5,11,19H,6-7H2,1-2H3. The number of aliphatic hydroxyl groups is 1. The molecule has 1 aromatic carbocycles. The van der Waals surface area contributed by atoms with Crippen LogP contribution in [0.4, 0.5) is 13.2 Å². The summed E-state index contributed by atoms with van der Waals surface area (Å²) in [5.74, 6) is 0. The van der Waals surface area contributed by atoms with Crippen LogP contribution in [0.5, 0.6) is 0 Å². The smallest absolute Gasteiger partial charge is 0.386 e. The van der Waals surface area contributed by atoms with E-state index in [2.05, 4.69) is 4.74 Å². The molecule has 1 heterocycles. The minimum Gasteiger partial charge on any atom is -0.386 e. The van der Waals surface area contributed by atoms with Crippen LogP contribution in [-0.4, -0.2) is 33.6 Å². The predicted octanol–water partition coefficient (Wildman–Crippen LogP) is 1.49. The lowest BCUT2D eigenvalue weighted by Gasteiger charge is -2.13. The number of nitrogens with zero attached hydrogens (tertiary/aromatic N) is 2. The van der Waals surface area contributed by atoms with Crippen molar-refractivity contribution in [2.24, 2.45) is 14.1 Å². The number of fused-ring (bicyclic) bond motifs is 1. The molecular formula is C13H15F3N2O3. The molecule has 0 aliphatic heterocycles. The van der Waals surface area contributed by atoms with E-state index in [-0.39, 0.29) is 5.69 Å². The summed E-state index contributed by atoms with van der Waals surface area (Å²) in [4.78, 5) is 11.8. The molecule has 0 saturated carbocycles. The third-order valence-corrected chi connectivity index (χ3v) is 3.22. The number of rotatable bonds is 4. The normalized spacial score (nSPS) is 13.8. The average molecular weight is 304 g/mol. The van der Waals surface area contributed by atoms with Crippen molar-refractivity contribution in [3.63, 3.8) is 0 Å². The Balaban J connectivity index is 2.19. The molecule has 0 radical (unpaired) electrons. The quantitative estimate of drug-likeness (QED) is 0.931. The van der Waals surface area contributed by atoms with Crippen LogP contribution in [0.2, 0.25) is 0 Å². The van der Waals surface area contributed by atoms with Crippen molar-refractivity contribution in [2.75, 3.05) is 13.2 Å². The molecule has 0 saturated heterocycles. The molecule has 0 bridgehead atoms. The summed E-state index contributed by atoms with van der Waals surface area (Å²) < 4.78 is 43.2. The molecule has 2 aromatic rings. The van der Waals surface area contributed by atoms with E-state index in [1.165, 1.54) is 9.13 Å². The van der Waals surface area contributed by atoms with Crippen LogP contribution in [0.25, 0.3) is 11.0 Å². The van der Waals surface area contributed by atoms with E-state index in [0.29, 0.717) is 16.6 Å². The number of ether oxygens (including phenoxy) is 1. The molecule has 1 atom stereocenters. The number of aromatic nitrogens is 2. The number of aliphatic hydroxyl groups excluding tert-OH is 1. The van der Waals surface area contributed by atoms with Gasteiger partial charge in [0.05, 0.1) is 17.6 Å². The summed E-state index contributed by atoms with van der Waals surface area (Å²) in [6, 6.07) is 4.76. The van der Waals surface area contributed by atoms with Gasteiger partial charge in [0, 0.05) is 14.1 Å². The summed E-state index contributed by atoms with van der Waals surface area (Å²) in [5.41, 5.74) is 1.44. The number of hydrogen-bond acceptors (Lipinski definition) is 3. The summed E-state index contributed by atoms with van der Waals surface area (Å²) in [7, 11) is 3.20. The minimum absolute atomic E-state index is 0.218. The fourth-order valence-corrected chi connectivity index (χ4v) is 2.11. The van der Waals surface area contributed by atoms with Gasteiger partial charge in [0.1, 0.15) is 12.7 Å². The second kappa shape index (κ2) is 5.53. The lowest BCUT2D eigenvalue weighted by molar-refractivity contribution is -0.179. The summed E-state index contributed by atoms with van der Waals surface area (Å²) in [6.07, 6.45) is -5.61. The van der Waals surface area contributed by atoms with Crippen molar-refractivity contribution in [1.82, 2.24) is 9.13 Å². The van der Waals surface area contributed by atoms with Crippen LogP contribution in [0, 0.1) is 0 Å². The topological polar surface area (TPSA) is 56.4 Å². The number of halogens is 3. The first-order valence-electron chi connectivity index (χ1n) is 6.18. The maximum Gasteiger partial charge on any atom is 0.411 e. The summed E-state index contributed by atoms with van der Waals surface area (Å²) >= 11 is 0. The Morgan fingerprint density at radius 2 is 1.86 bits per heavy atom. The first kappa shape index (κ1) is 15.6. The molecule has 0 aliphatic carbocycles. The van der Waals surface area contributed by atoms with Gasteiger partial charge in [-0.2, -0.15) is 13.2 Å². The zero-order valence-electron chi connectivity index (χ0n) is 11.5. The highest BCUT2D eigenvalue weighted by Gasteiger charge is 2.28. The molecule has 1 N–H and O–H groups in total. The number of imidazole rings is 1. The van der Waals surface area contributed by atoms with Crippen molar-refractivity contribution in [3.05, 3.63) is 34.2 Å². The number of benzene rings is 1. The predicted molar refractivity (Wildman–Crippen MR) is 70.0 cm³/mol. The maximum absolute atomic E-state index is 12.0. The second-order valence-electron chi connectivity index (χ2n) is 4.79. The molecule has 0 amide bonds. The van der Waals surface area contributed by atoms with Crippen molar-refractivity contribution >= 4 is 11.0 Å². The van der Waals surface area contributed by atoms with Gasteiger partial charge in [-0.05, 0) is 17.7 Å². The summed E-state index contributed by atoms with van der Waals surface area (Å²) in [6.45, 7) is -1.87. The van der Waals surface area contributed by atoms with Crippen molar-refractivity contribution in [2.45, 2.75) is 12.3 Å². The van der Waals surface area contributed by atoms with Crippen LogP contribution in [0.15, 0.2) is 23.0 Å². The molecule has 116 valence electrons. The van der Waals surface area contributed by atoms with Crippen LogP contribution in [0.1, 0.15) is 11.7 Å². The molecule has 0 aliphatic rings. The number of hydrogen-bond donors (Lipinski definition) is 1. The van der Waals surface area contributed by atoms with Gasteiger partial charge in [-0.15, -0.1) is 0 Å². The molecular weight excluding hydrogens is 289 g/mol. The Labute approximate surface area is 118 Å². The van der Waals surface area contributed by atoms with Gasteiger partial charge < -0.3 is 9.84 Å². The monoisotopic (exact) mass is 304 g/mol. The second-order valence-corrected chi connectivity index (χ2v) is 4.79. The van der Waals surface area contributed by atoms with E-state index in [4.69, 9.17) is 0 Å². The summed E-state index contributed by atoms with van der Waals surface area (Å²) in [5, 5.41) is 9.86. The molecule has 1 aromatic heterocycles. The lowest BCUT2D eigenvalue weighted by Crippen LogP contribution is -2.19. The average Bonchev–Trinajstić information content (AvgIpc) is 2.62. The molecule has 2 rings (SSSR count). The Hall–Kier alpha value is -1.80. The molecule has 0 fully saturated rings. The Bertz CT molecular complexity index is 703. The third-order valence-electron chi connectivity index (χ3n) is 3.22. The lowest BCUT2D eigenvalue weighted by atomic mass is 10.1. The van der Waals surface area contributed by atoms with E-state index in [1.54, 1.807) is 32.3 Å². The number of alkyl halides is 3. The Morgan fingerprint density at radius 1 is 1.24 bits per heavy atom. The van der Waals surface area contributed by atoms with Crippen LogP contribution in [-0.2, 0) is 18.8 Å². The first-order chi connectivity index (χ1) is 9.70. The van der Waals surface area contributed by atoms with Gasteiger partial charge in [-0.3, -0.25) is 9.13 Å². The highest BCUT2D eigenvalue weighted by molar-refractivity contribution is 5.76. The Kier molecular flexibility index (Phi) is 4.11. The zero-order valence-corrected chi connectivity index (χ0v) is 11.5. The van der Waals surface area contributed by atoms with Crippen LogP contribution < -0.4 is 5.69 Å². The van der Waals surface area contributed by atoms with Gasteiger partial charge in [0.25, 0.3) is 0 Å². The van der Waals surface area contributed by atoms with E-state index in [9.17, 15) is 23.1 Å². The minimum atomic E-state index is -4.42. The SMILES string of the molecule is Cn1c(=O)n(C)c2cc(C(O)COCC(F)(F)F)ccc21. The van der Waals surface area contributed by atoms with Crippen molar-refractivity contribution in [3.8, 4) is 0 Å². The molecule has 5 nitrogen and oxygen atoms in total. The van der Waals surface area contributed by atoms with Crippen LogP contribution in [0.3, 0.4) is 0 Å². The van der Waals surface area contributed by atoms with Gasteiger partial charge in [0.2, 0.25) is 0 Å². The molecule has 21 heavy (non-hydrogen) atoms. The van der Waals surface area contributed by atoms with Gasteiger partial charge in [-0.1, -0.05) is 6.07 Å².